The van der Waals surface area contributed by atoms with Crippen LogP contribution in [0.1, 0.15) is 28.3 Å². The average molecular weight is 292 g/mol. The minimum Gasteiger partial charge on any atom is -0.313 e. The van der Waals surface area contributed by atoms with E-state index in [1.54, 1.807) is 12.1 Å². The zero-order valence-electron chi connectivity index (χ0n) is 12.0. The Morgan fingerprint density at radius 2 is 1.75 bits per heavy atom. The van der Waals surface area contributed by atoms with Gasteiger partial charge in [0, 0.05) is 11.1 Å². The van der Waals surface area contributed by atoms with E-state index in [-0.39, 0.29) is 11.9 Å². The van der Waals surface area contributed by atoms with E-state index in [9.17, 15) is 4.39 Å². The third kappa shape index (κ3) is 3.20. The maximum absolute atomic E-state index is 13.4. The van der Waals surface area contributed by atoms with E-state index in [1.165, 1.54) is 0 Å². The average Bonchev–Trinajstić information content (AvgIpc) is 2.38. The van der Waals surface area contributed by atoms with Crippen molar-refractivity contribution in [1.82, 2.24) is 5.32 Å². The fourth-order valence-corrected chi connectivity index (χ4v) is 2.92. The predicted octanol–water partition coefficient (Wildman–Crippen LogP) is 4.60. The molecule has 0 radical (unpaired) electrons. The lowest BCUT2D eigenvalue weighted by atomic mass is 9.91. The van der Waals surface area contributed by atoms with Crippen molar-refractivity contribution in [2.45, 2.75) is 26.3 Å². The van der Waals surface area contributed by atoms with Crippen molar-refractivity contribution in [3.8, 4) is 0 Å². The summed E-state index contributed by atoms with van der Waals surface area (Å²) in [6.45, 7) is 3.89. The minimum absolute atomic E-state index is 0.121. The Morgan fingerprint density at radius 1 is 1.15 bits per heavy atom. The molecule has 0 aliphatic rings. The quantitative estimate of drug-likeness (QED) is 0.868. The Labute approximate surface area is 124 Å². The second kappa shape index (κ2) is 6.38. The maximum Gasteiger partial charge on any atom is 0.123 e. The zero-order chi connectivity index (χ0) is 14.7. The smallest absolute Gasteiger partial charge is 0.123 e. The van der Waals surface area contributed by atoms with Crippen LogP contribution in [0.4, 0.5) is 4.39 Å². The van der Waals surface area contributed by atoms with Gasteiger partial charge in [0.1, 0.15) is 5.82 Å². The highest BCUT2D eigenvalue weighted by molar-refractivity contribution is 6.31. The number of hydrogen-bond donors (Lipinski definition) is 1. The van der Waals surface area contributed by atoms with Crippen molar-refractivity contribution in [3.63, 3.8) is 0 Å². The van der Waals surface area contributed by atoms with Crippen molar-refractivity contribution in [2.75, 3.05) is 7.05 Å². The molecule has 2 rings (SSSR count). The Bertz CT molecular complexity index is 587. The summed E-state index contributed by atoms with van der Waals surface area (Å²) in [5, 5.41) is 4.08. The van der Waals surface area contributed by atoms with Crippen molar-refractivity contribution in [3.05, 3.63) is 69.5 Å². The largest absolute Gasteiger partial charge is 0.313 e. The van der Waals surface area contributed by atoms with Gasteiger partial charge in [0.15, 0.2) is 0 Å². The molecule has 0 aliphatic heterocycles. The SMILES string of the molecule is CNC(Cc1ccccc1Cl)c1c(C)cc(F)cc1C. The fraction of sp³-hybridized carbons (Fsp3) is 0.294. The summed E-state index contributed by atoms with van der Waals surface area (Å²) >= 11 is 6.23. The zero-order valence-corrected chi connectivity index (χ0v) is 12.8. The number of rotatable bonds is 4. The van der Waals surface area contributed by atoms with Crippen molar-refractivity contribution >= 4 is 11.6 Å². The van der Waals surface area contributed by atoms with Crippen LogP contribution in [0.25, 0.3) is 0 Å². The highest BCUT2D eigenvalue weighted by atomic mass is 35.5. The first-order valence-electron chi connectivity index (χ1n) is 6.70. The normalized spacial score (nSPS) is 12.4. The molecule has 0 heterocycles. The van der Waals surface area contributed by atoms with Gasteiger partial charge in [0.05, 0.1) is 0 Å². The third-order valence-corrected chi connectivity index (χ3v) is 4.01. The number of likely N-dealkylation sites (N-methyl/N-ethyl adjacent to an activating group) is 1. The number of hydrogen-bond acceptors (Lipinski definition) is 1. The molecule has 0 saturated carbocycles. The molecule has 0 aromatic heterocycles. The van der Waals surface area contributed by atoms with Gasteiger partial charge in [-0.1, -0.05) is 29.8 Å². The topological polar surface area (TPSA) is 12.0 Å². The molecule has 0 amide bonds. The van der Waals surface area contributed by atoms with Crippen LogP contribution in [0.2, 0.25) is 5.02 Å². The first-order valence-corrected chi connectivity index (χ1v) is 7.08. The van der Waals surface area contributed by atoms with Crippen LogP contribution < -0.4 is 5.32 Å². The van der Waals surface area contributed by atoms with Gasteiger partial charge in [-0.25, -0.2) is 4.39 Å². The highest BCUT2D eigenvalue weighted by Crippen LogP contribution is 2.28. The van der Waals surface area contributed by atoms with Gasteiger partial charge in [-0.15, -0.1) is 0 Å². The molecule has 20 heavy (non-hydrogen) atoms. The number of nitrogens with one attached hydrogen (secondary N) is 1. The third-order valence-electron chi connectivity index (χ3n) is 3.64. The summed E-state index contributed by atoms with van der Waals surface area (Å²) in [5.41, 5.74) is 4.17. The van der Waals surface area contributed by atoms with Crippen molar-refractivity contribution in [1.29, 1.82) is 0 Å². The minimum atomic E-state index is -0.184. The number of aryl methyl sites for hydroxylation is 2. The van der Waals surface area contributed by atoms with E-state index >= 15 is 0 Å². The summed E-state index contributed by atoms with van der Waals surface area (Å²) in [6.07, 6.45) is 0.781. The standard InChI is InChI=1S/C17H19ClFN/c1-11-8-14(19)9-12(2)17(11)16(20-3)10-13-6-4-5-7-15(13)18/h4-9,16,20H,10H2,1-3H3. The van der Waals surface area contributed by atoms with E-state index in [4.69, 9.17) is 11.6 Å². The van der Waals surface area contributed by atoms with Crippen molar-refractivity contribution in [2.24, 2.45) is 0 Å². The molecule has 0 fully saturated rings. The first kappa shape index (κ1) is 15.0. The summed E-state index contributed by atoms with van der Waals surface area (Å²) in [6, 6.07) is 11.1. The Balaban J connectivity index is 2.37. The number of halogens is 2. The lowest BCUT2D eigenvalue weighted by Gasteiger charge is -2.22. The molecular formula is C17H19ClFN. The van der Waals surface area contributed by atoms with Crippen LogP contribution in [-0.4, -0.2) is 7.05 Å². The second-order valence-electron chi connectivity index (χ2n) is 5.09. The number of benzene rings is 2. The summed E-state index contributed by atoms with van der Waals surface area (Å²) in [5.74, 6) is -0.184. The molecule has 0 spiro atoms. The van der Waals surface area contributed by atoms with Crippen LogP contribution in [0, 0.1) is 19.7 Å². The highest BCUT2D eigenvalue weighted by Gasteiger charge is 2.17. The molecule has 0 saturated heterocycles. The van der Waals surface area contributed by atoms with Crippen LogP contribution in [-0.2, 0) is 6.42 Å². The van der Waals surface area contributed by atoms with Crippen LogP contribution in [0.3, 0.4) is 0 Å². The molecule has 106 valence electrons. The van der Waals surface area contributed by atoms with E-state index < -0.39 is 0 Å². The monoisotopic (exact) mass is 291 g/mol. The van der Waals surface area contributed by atoms with Crippen LogP contribution in [0.15, 0.2) is 36.4 Å². The van der Waals surface area contributed by atoms with E-state index in [2.05, 4.69) is 5.32 Å². The van der Waals surface area contributed by atoms with Gasteiger partial charge in [-0.05, 0) is 67.8 Å². The molecule has 3 heteroatoms. The Kier molecular flexibility index (Phi) is 4.79. The van der Waals surface area contributed by atoms with Gasteiger partial charge in [-0.2, -0.15) is 0 Å². The fourth-order valence-electron chi connectivity index (χ4n) is 2.70. The van der Waals surface area contributed by atoms with E-state index in [0.717, 1.165) is 33.7 Å². The maximum atomic E-state index is 13.4. The van der Waals surface area contributed by atoms with Crippen LogP contribution in [0.5, 0.6) is 0 Å². The molecule has 1 N–H and O–H groups in total. The molecule has 0 bridgehead atoms. The molecule has 1 atom stereocenters. The van der Waals surface area contributed by atoms with Crippen molar-refractivity contribution < 1.29 is 4.39 Å². The van der Waals surface area contributed by atoms with Gasteiger partial charge < -0.3 is 5.32 Å². The van der Waals surface area contributed by atoms with Gasteiger partial charge in [0.2, 0.25) is 0 Å². The second-order valence-corrected chi connectivity index (χ2v) is 5.50. The van der Waals surface area contributed by atoms with Crippen LogP contribution >= 0.6 is 11.6 Å². The molecule has 1 unspecified atom stereocenters. The van der Waals surface area contributed by atoms with Gasteiger partial charge in [-0.3, -0.25) is 0 Å². The van der Waals surface area contributed by atoms with Gasteiger partial charge >= 0.3 is 0 Å². The lowest BCUT2D eigenvalue weighted by Crippen LogP contribution is -2.21. The predicted molar refractivity (Wildman–Crippen MR) is 82.8 cm³/mol. The molecule has 1 nitrogen and oxygen atoms in total. The lowest BCUT2D eigenvalue weighted by molar-refractivity contribution is 0.578. The molecular weight excluding hydrogens is 273 g/mol. The molecule has 2 aromatic carbocycles. The molecule has 2 aromatic rings. The van der Waals surface area contributed by atoms with E-state index in [1.807, 2.05) is 45.2 Å². The summed E-state index contributed by atoms with van der Waals surface area (Å²) in [7, 11) is 1.92. The summed E-state index contributed by atoms with van der Waals surface area (Å²) < 4.78 is 13.4. The van der Waals surface area contributed by atoms with Gasteiger partial charge in [0.25, 0.3) is 0 Å². The Hall–Kier alpha value is -1.38. The first-order chi connectivity index (χ1) is 9.52. The van der Waals surface area contributed by atoms with E-state index in [0.29, 0.717) is 0 Å². The summed E-state index contributed by atoms with van der Waals surface area (Å²) in [4.78, 5) is 0. The molecule has 0 aliphatic carbocycles. The Morgan fingerprint density at radius 3 is 2.30 bits per heavy atom.